The molecular weight excluding hydrogens is 204 g/mol. The fourth-order valence-electron chi connectivity index (χ4n) is 2.00. The summed E-state index contributed by atoms with van der Waals surface area (Å²) < 4.78 is 7.99. The standard InChI is InChI=1S/C11H20N4O/c1-8(2)15-9(3)13-14-10(15)5-16-11(4)6-12-7-11/h8,12H,5-7H2,1-4H3. The van der Waals surface area contributed by atoms with Gasteiger partial charge >= 0.3 is 0 Å². The molecule has 1 fully saturated rings. The maximum atomic E-state index is 5.87. The molecule has 1 aromatic rings. The molecule has 16 heavy (non-hydrogen) atoms. The molecule has 1 aromatic heterocycles. The number of nitrogens with one attached hydrogen (secondary N) is 1. The summed E-state index contributed by atoms with van der Waals surface area (Å²) in [6.07, 6.45) is 0. The van der Waals surface area contributed by atoms with Crippen molar-refractivity contribution in [2.75, 3.05) is 13.1 Å². The topological polar surface area (TPSA) is 52.0 Å². The van der Waals surface area contributed by atoms with Crippen LogP contribution in [0.3, 0.4) is 0 Å². The van der Waals surface area contributed by atoms with Gasteiger partial charge in [0.1, 0.15) is 12.4 Å². The number of rotatable bonds is 4. The summed E-state index contributed by atoms with van der Waals surface area (Å²) in [5, 5.41) is 11.5. The van der Waals surface area contributed by atoms with Gasteiger partial charge in [0, 0.05) is 19.1 Å². The largest absolute Gasteiger partial charge is 0.365 e. The van der Waals surface area contributed by atoms with Gasteiger partial charge in [0.05, 0.1) is 5.60 Å². The Bertz CT molecular complexity index is 368. The minimum Gasteiger partial charge on any atom is -0.365 e. The van der Waals surface area contributed by atoms with Crippen molar-refractivity contribution in [3.05, 3.63) is 11.6 Å². The Morgan fingerprint density at radius 1 is 1.44 bits per heavy atom. The molecule has 1 aliphatic heterocycles. The molecule has 1 N–H and O–H groups in total. The van der Waals surface area contributed by atoms with Gasteiger partial charge in [0.2, 0.25) is 0 Å². The molecule has 1 aliphatic rings. The lowest BCUT2D eigenvalue weighted by Crippen LogP contribution is -2.58. The number of hydrogen-bond donors (Lipinski definition) is 1. The molecule has 90 valence electrons. The van der Waals surface area contributed by atoms with Gasteiger partial charge in [-0.15, -0.1) is 10.2 Å². The van der Waals surface area contributed by atoms with Crippen LogP contribution in [0.2, 0.25) is 0 Å². The molecule has 0 radical (unpaired) electrons. The highest BCUT2D eigenvalue weighted by Crippen LogP contribution is 2.19. The average molecular weight is 224 g/mol. The Balaban J connectivity index is 2.03. The molecule has 5 nitrogen and oxygen atoms in total. The van der Waals surface area contributed by atoms with Crippen LogP contribution in [0.5, 0.6) is 0 Å². The number of nitrogens with zero attached hydrogens (tertiary/aromatic N) is 3. The highest BCUT2D eigenvalue weighted by molar-refractivity contribution is 4.96. The Kier molecular flexibility index (Phi) is 2.99. The predicted octanol–water partition coefficient (Wildman–Crippen LogP) is 1.05. The molecule has 2 rings (SSSR count). The van der Waals surface area contributed by atoms with Crippen LogP contribution in [0.15, 0.2) is 0 Å². The molecule has 0 amide bonds. The first kappa shape index (κ1) is 11.5. The van der Waals surface area contributed by atoms with Crippen molar-refractivity contribution in [2.45, 2.75) is 45.9 Å². The van der Waals surface area contributed by atoms with Gasteiger partial charge in [-0.2, -0.15) is 0 Å². The van der Waals surface area contributed by atoms with Gasteiger partial charge < -0.3 is 14.6 Å². The molecule has 0 bridgehead atoms. The second-order valence-corrected chi connectivity index (χ2v) is 4.97. The molecular formula is C11H20N4O. The molecule has 0 aromatic carbocycles. The fourth-order valence-corrected chi connectivity index (χ4v) is 2.00. The number of aromatic nitrogens is 3. The van der Waals surface area contributed by atoms with Crippen LogP contribution in [0.4, 0.5) is 0 Å². The maximum Gasteiger partial charge on any atom is 0.159 e. The quantitative estimate of drug-likeness (QED) is 0.830. The van der Waals surface area contributed by atoms with Gasteiger partial charge in [-0.1, -0.05) is 0 Å². The molecule has 0 atom stereocenters. The van der Waals surface area contributed by atoms with Crippen LogP contribution in [0.25, 0.3) is 0 Å². The second-order valence-electron chi connectivity index (χ2n) is 4.97. The van der Waals surface area contributed by atoms with E-state index < -0.39 is 0 Å². The summed E-state index contributed by atoms with van der Waals surface area (Å²) in [4.78, 5) is 0. The van der Waals surface area contributed by atoms with E-state index in [-0.39, 0.29) is 5.60 Å². The van der Waals surface area contributed by atoms with E-state index in [1.54, 1.807) is 0 Å². The third-order valence-corrected chi connectivity index (χ3v) is 3.00. The first-order valence-electron chi connectivity index (χ1n) is 5.77. The van der Waals surface area contributed by atoms with Gasteiger partial charge in [0.25, 0.3) is 0 Å². The van der Waals surface area contributed by atoms with Crippen LogP contribution >= 0.6 is 0 Å². The van der Waals surface area contributed by atoms with Crippen molar-refractivity contribution in [3.63, 3.8) is 0 Å². The van der Waals surface area contributed by atoms with Gasteiger partial charge in [-0.25, -0.2) is 0 Å². The summed E-state index contributed by atoms with van der Waals surface area (Å²) in [5.41, 5.74) is -0.0261. The van der Waals surface area contributed by atoms with Crippen LogP contribution < -0.4 is 5.32 Å². The summed E-state index contributed by atoms with van der Waals surface area (Å²) in [5.74, 6) is 1.87. The average Bonchev–Trinajstić information content (AvgIpc) is 2.53. The highest BCUT2D eigenvalue weighted by atomic mass is 16.5. The first-order chi connectivity index (χ1) is 7.52. The van der Waals surface area contributed by atoms with Gasteiger partial charge in [-0.05, 0) is 27.7 Å². The lowest BCUT2D eigenvalue weighted by molar-refractivity contribution is -0.0800. The summed E-state index contributed by atoms with van der Waals surface area (Å²) in [7, 11) is 0. The Hall–Kier alpha value is -0.940. The lowest BCUT2D eigenvalue weighted by atomic mass is 10.0. The minimum atomic E-state index is -0.0261. The highest BCUT2D eigenvalue weighted by Gasteiger charge is 2.33. The third-order valence-electron chi connectivity index (χ3n) is 3.00. The summed E-state index contributed by atoms with van der Waals surface area (Å²) >= 11 is 0. The fraction of sp³-hybridized carbons (Fsp3) is 0.818. The monoisotopic (exact) mass is 224 g/mol. The van der Waals surface area contributed by atoms with E-state index in [1.807, 2.05) is 6.92 Å². The van der Waals surface area contributed by atoms with Crippen LogP contribution in [-0.4, -0.2) is 33.5 Å². The van der Waals surface area contributed by atoms with E-state index in [0.29, 0.717) is 12.6 Å². The van der Waals surface area contributed by atoms with Crippen molar-refractivity contribution in [2.24, 2.45) is 0 Å². The van der Waals surface area contributed by atoms with E-state index in [1.165, 1.54) is 0 Å². The Morgan fingerprint density at radius 2 is 2.12 bits per heavy atom. The van der Waals surface area contributed by atoms with E-state index in [9.17, 15) is 0 Å². The molecule has 1 saturated heterocycles. The SMILES string of the molecule is Cc1nnc(COC2(C)CNC2)n1C(C)C. The third kappa shape index (κ3) is 2.10. The molecule has 0 aliphatic carbocycles. The molecule has 0 spiro atoms. The van der Waals surface area contributed by atoms with Crippen molar-refractivity contribution < 1.29 is 4.74 Å². The van der Waals surface area contributed by atoms with Crippen LogP contribution in [0.1, 0.15) is 38.5 Å². The zero-order valence-electron chi connectivity index (χ0n) is 10.4. The first-order valence-corrected chi connectivity index (χ1v) is 5.77. The van der Waals surface area contributed by atoms with E-state index in [4.69, 9.17) is 4.74 Å². The Morgan fingerprint density at radius 3 is 2.62 bits per heavy atom. The molecule has 0 saturated carbocycles. The maximum absolute atomic E-state index is 5.87. The smallest absolute Gasteiger partial charge is 0.159 e. The van der Waals surface area contributed by atoms with E-state index >= 15 is 0 Å². The van der Waals surface area contributed by atoms with Crippen molar-refractivity contribution in [1.82, 2.24) is 20.1 Å². The number of aryl methyl sites for hydroxylation is 1. The summed E-state index contributed by atoms with van der Waals surface area (Å²) in [6.45, 7) is 10.7. The van der Waals surface area contributed by atoms with Crippen molar-refractivity contribution in [3.8, 4) is 0 Å². The zero-order chi connectivity index (χ0) is 11.8. The molecule has 5 heteroatoms. The minimum absolute atomic E-state index is 0.0261. The van der Waals surface area contributed by atoms with Crippen molar-refractivity contribution in [1.29, 1.82) is 0 Å². The normalized spacial score (nSPS) is 18.8. The van der Waals surface area contributed by atoms with Crippen molar-refractivity contribution >= 4 is 0 Å². The second kappa shape index (κ2) is 4.14. The van der Waals surface area contributed by atoms with Gasteiger partial charge in [0.15, 0.2) is 5.82 Å². The van der Waals surface area contributed by atoms with Crippen LogP contribution in [0, 0.1) is 6.92 Å². The lowest BCUT2D eigenvalue weighted by Gasteiger charge is -2.38. The van der Waals surface area contributed by atoms with Gasteiger partial charge in [-0.3, -0.25) is 0 Å². The molecule has 0 unspecified atom stereocenters. The van der Waals surface area contributed by atoms with E-state index in [0.717, 1.165) is 24.7 Å². The van der Waals surface area contributed by atoms with E-state index in [2.05, 4.69) is 40.9 Å². The predicted molar refractivity (Wildman–Crippen MR) is 61.2 cm³/mol. The molecule has 2 heterocycles. The zero-order valence-corrected chi connectivity index (χ0v) is 10.4. The summed E-state index contributed by atoms with van der Waals surface area (Å²) in [6, 6.07) is 0.376. The number of ether oxygens (including phenoxy) is 1. The number of hydrogen-bond acceptors (Lipinski definition) is 4. The van der Waals surface area contributed by atoms with Crippen LogP contribution in [-0.2, 0) is 11.3 Å². The Labute approximate surface area is 96.2 Å².